The SMILES string of the molecule is CSCCCNC(=NCc1nnc(C)n1C)N(C)CCOc1ccc(F)cc1. The smallest absolute Gasteiger partial charge is 0.194 e. The lowest BCUT2D eigenvalue weighted by Gasteiger charge is -2.22. The number of halogens is 1. The third-order valence-electron chi connectivity index (χ3n) is 4.23. The highest BCUT2D eigenvalue weighted by Crippen LogP contribution is 2.10. The Balaban J connectivity index is 1.92. The highest BCUT2D eigenvalue weighted by Gasteiger charge is 2.09. The van der Waals surface area contributed by atoms with Gasteiger partial charge in [-0.2, -0.15) is 11.8 Å². The Kier molecular flexibility index (Phi) is 9.06. The van der Waals surface area contributed by atoms with Crippen LogP contribution in [0.2, 0.25) is 0 Å². The van der Waals surface area contributed by atoms with Gasteiger partial charge in [-0.05, 0) is 49.6 Å². The van der Waals surface area contributed by atoms with Gasteiger partial charge in [-0.25, -0.2) is 9.38 Å². The number of aliphatic imine (C=N–C) groups is 1. The molecule has 1 aromatic carbocycles. The van der Waals surface area contributed by atoms with E-state index in [1.165, 1.54) is 12.1 Å². The van der Waals surface area contributed by atoms with Crippen LogP contribution in [-0.4, -0.2) is 64.4 Å². The summed E-state index contributed by atoms with van der Waals surface area (Å²) < 4.78 is 20.6. The van der Waals surface area contributed by atoms with Crippen LogP contribution >= 0.6 is 11.8 Å². The quantitative estimate of drug-likeness (QED) is 0.370. The maximum atomic E-state index is 13.0. The topological polar surface area (TPSA) is 67.6 Å². The van der Waals surface area contributed by atoms with E-state index >= 15 is 0 Å². The van der Waals surface area contributed by atoms with Gasteiger partial charge in [0.1, 0.15) is 30.5 Å². The lowest BCUT2D eigenvalue weighted by atomic mass is 10.3. The second-order valence-electron chi connectivity index (χ2n) is 6.36. The molecule has 2 aromatic rings. The van der Waals surface area contributed by atoms with E-state index in [-0.39, 0.29) is 5.82 Å². The van der Waals surface area contributed by atoms with E-state index in [1.54, 1.807) is 12.1 Å². The summed E-state index contributed by atoms with van der Waals surface area (Å²) in [6.07, 6.45) is 3.16. The van der Waals surface area contributed by atoms with E-state index < -0.39 is 0 Å². The number of aryl methyl sites for hydroxylation is 1. The highest BCUT2D eigenvalue weighted by molar-refractivity contribution is 7.98. The number of rotatable bonds is 10. The molecule has 0 unspecified atom stereocenters. The molecule has 0 bridgehead atoms. The molecule has 0 aliphatic carbocycles. The van der Waals surface area contributed by atoms with Gasteiger partial charge in [-0.1, -0.05) is 0 Å². The van der Waals surface area contributed by atoms with E-state index in [2.05, 4.69) is 21.8 Å². The van der Waals surface area contributed by atoms with Crippen LogP contribution in [0.3, 0.4) is 0 Å². The number of likely N-dealkylation sites (N-methyl/N-ethyl adjacent to an activating group) is 1. The average Bonchev–Trinajstić information content (AvgIpc) is 3.01. The normalized spacial score (nSPS) is 11.5. The molecule has 1 aromatic heterocycles. The predicted molar refractivity (Wildman–Crippen MR) is 112 cm³/mol. The van der Waals surface area contributed by atoms with Gasteiger partial charge in [0.15, 0.2) is 11.8 Å². The van der Waals surface area contributed by atoms with E-state index in [1.807, 2.05) is 42.2 Å². The molecule has 1 heterocycles. The Morgan fingerprint density at radius 3 is 2.71 bits per heavy atom. The molecule has 7 nitrogen and oxygen atoms in total. The van der Waals surface area contributed by atoms with Crippen LogP contribution in [0.5, 0.6) is 5.75 Å². The number of nitrogens with one attached hydrogen (secondary N) is 1. The Morgan fingerprint density at radius 2 is 2.07 bits per heavy atom. The molecule has 0 aliphatic rings. The first kappa shape index (κ1) is 22.0. The monoisotopic (exact) mass is 408 g/mol. The largest absolute Gasteiger partial charge is 0.492 e. The number of nitrogens with zero attached hydrogens (tertiary/aromatic N) is 5. The van der Waals surface area contributed by atoms with Crippen LogP contribution in [-0.2, 0) is 13.6 Å². The van der Waals surface area contributed by atoms with Crippen molar-refractivity contribution >= 4 is 17.7 Å². The Labute approximate surface area is 170 Å². The zero-order chi connectivity index (χ0) is 20.4. The van der Waals surface area contributed by atoms with Crippen LogP contribution < -0.4 is 10.1 Å². The maximum Gasteiger partial charge on any atom is 0.194 e. The third kappa shape index (κ3) is 7.03. The summed E-state index contributed by atoms with van der Waals surface area (Å²) >= 11 is 1.83. The molecule has 0 amide bonds. The van der Waals surface area contributed by atoms with Crippen molar-refractivity contribution in [2.45, 2.75) is 19.9 Å². The summed E-state index contributed by atoms with van der Waals surface area (Å²) in [6, 6.07) is 6.03. The summed E-state index contributed by atoms with van der Waals surface area (Å²) in [6.45, 7) is 4.33. The first-order valence-electron chi connectivity index (χ1n) is 9.23. The lowest BCUT2D eigenvalue weighted by Crippen LogP contribution is -2.41. The Morgan fingerprint density at radius 1 is 1.32 bits per heavy atom. The minimum absolute atomic E-state index is 0.271. The molecule has 0 spiro atoms. The summed E-state index contributed by atoms with van der Waals surface area (Å²) in [5.74, 6) is 3.95. The average molecular weight is 409 g/mol. The van der Waals surface area contributed by atoms with Crippen LogP contribution in [0.15, 0.2) is 29.3 Å². The van der Waals surface area contributed by atoms with Crippen LogP contribution in [0.25, 0.3) is 0 Å². The van der Waals surface area contributed by atoms with Crippen molar-refractivity contribution in [3.63, 3.8) is 0 Å². The van der Waals surface area contributed by atoms with E-state index in [0.717, 1.165) is 36.3 Å². The highest BCUT2D eigenvalue weighted by atomic mass is 32.2. The summed E-state index contributed by atoms with van der Waals surface area (Å²) in [4.78, 5) is 6.72. The summed E-state index contributed by atoms with van der Waals surface area (Å²) in [5.41, 5.74) is 0. The fraction of sp³-hybridized carbons (Fsp3) is 0.526. The second kappa shape index (κ2) is 11.5. The van der Waals surface area contributed by atoms with Gasteiger partial charge in [-0.3, -0.25) is 0 Å². The van der Waals surface area contributed by atoms with E-state index in [9.17, 15) is 4.39 Å². The van der Waals surface area contributed by atoms with Gasteiger partial charge in [-0.15, -0.1) is 10.2 Å². The van der Waals surface area contributed by atoms with Gasteiger partial charge >= 0.3 is 0 Å². The van der Waals surface area contributed by atoms with Crippen molar-refractivity contribution in [2.24, 2.45) is 12.0 Å². The molecule has 0 fully saturated rings. The van der Waals surface area contributed by atoms with Crippen LogP contribution in [0.4, 0.5) is 4.39 Å². The molecule has 0 saturated heterocycles. The summed E-state index contributed by atoms with van der Waals surface area (Å²) in [7, 11) is 3.91. The van der Waals surface area contributed by atoms with Crippen molar-refractivity contribution in [1.29, 1.82) is 0 Å². The summed E-state index contributed by atoms with van der Waals surface area (Å²) in [5, 5.41) is 11.6. The molecule has 0 aliphatic heterocycles. The zero-order valence-electron chi connectivity index (χ0n) is 17.0. The third-order valence-corrected chi connectivity index (χ3v) is 4.93. The number of aromatic nitrogens is 3. The van der Waals surface area contributed by atoms with Gasteiger partial charge < -0.3 is 19.5 Å². The van der Waals surface area contributed by atoms with Crippen molar-refractivity contribution in [3.05, 3.63) is 41.7 Å². The molecule has 0 saturated carbocycles. The molecule has 2 rings (SSSR count). The maximum absolute atomic E-state index is 13.0. The number of ether oxygens (including phenoxy) is 1. The number of hydrogen-bond donors (Lipinski definition) is 1. The fourth-order valence-electron chi connectivity index (χ4n) is 2.40. The van der Waals surface area contributed by atoms with Crippen molar-refractivity contribution in [3.8, 4) is 5.75 Å². The molecule has 154 valence electrons. The van der Waals surface area contributed by atoms with Crippen molar-refractivity contribution < 1.29 is 9.13 Å². The van der Waals surface area contributed by atoms with Gasteiger partial charge in [0.25, 0.3) is 0 Å². The van der Waals surface area contributed by atoms with Crippen molar-refractivity contribution in [2.75, 3.05) is 38.8 Å². The zero-order valence-corrected chi connectivity index (χ0v) is 17.8. The minimum Gasteiger partial charge on any atom is -0.492 e. The van der Waals surface area contributed by atoms with Crippen LogP contribution in [0, 0.1) is 12.7 Å². The molecule has 1 N–H and O–H groups in total. The van der Waals surface area contributed by atoms with Crippen LogP contribution in [0.1, 0.15) is 18.1 Å². The number of hydrogen-bond acceptors (Lipinski definition) is 5. The molecular weight excluding hydrogens is 379 g/mol. The van der Waals surface area contributed by atoms with E-state index in [4.69, 9.17) is 9.73 Å². The second-order valence-corrected chi connectivity index (χ2v) is 7.34. The molecule has 0 radical (unpaired) electrons. The first-order chi connectivity index (χ1) is 13.5. The van der Waals surface area contributed by atoms with Crippen molar-refractivity contribution in [1.82, 2.24) is 25.0 Å². The number of thioether (sulfide) groups is 1. The molecular formula is C19H29FN6OS. The predicted octanol–water partition coefficient (Wildman–Crippen LogP) is 2.47. The molecule has 9 heteroatoms. The molecule has 28 heavy (non-hydrogen) atoms. The standard InChI is InChI=1S/C19H29FN6OS/c1-15-23-24-18(26(15)3)14-22-19(21-10-5-13-28-4)25(2)11-12-27-17-8-6-16(20)7-9-17/h6-9H,5,10-14H2,1-4H3,(H,21,22). The first-order valence-corrected chi connectivity index (χ1v) is 10.6. The van der Waals surface area contributed by atoms with Gasteiger partial charge in [0.05, 0.1) is 6.54 Å². The van der Waals surface area contributed by atoms with E-state index in [0.29, 0.717) is 25.4 Å². The van der Waals surface area contributed by atoms with Gasteiger partial charge in [0.2, 0.25) is 0 Å². The number of benzene rings is 1. The number of guanidine groups is 1. The Hall–Kier alpha value is -2.29. The molecule has 0 atom stereocenters. The minimum atomic E-state index is -0.271. The fourth-order valence-corrected chi connectivity index (χ4v) is 2.83. The lowest BCUT2D eigenvalue weighted by molar-refractivity contribution is 0.281. The van der Waals surface area contributed by atoms with Gasteiger partial charge in [0, 0.05) is 20.6 Å². The Bertz CT molecular complexity index is 749.